The van der Waals surface area contributed by atoms with E-state index < -0.39 is 0 Å². The lowest BCUT2D eigenvalue weighted by molar-refractivity contribution is -0.132. The molecule has 26 heavy (non-hydrogen) atoms. The number of aromatic nitrogens is 2. The minimum Gasteiger partial charge on any atom is -0.355 e. The number of piperidine rings is 1. The molecule has 1 aromatic heterocycles. The Balaban J connectivity index is 1.44. The highest BCUT2D eigenvalue weighted by Crippen LogP contribution is 2.31. The molecule has 2 aliphatic heterocycles. The number of para-hydroxylation sites is 2. The van der Waals surface area contributed by atoms with Gasteiger partial charge >= 0.3 is 0 Å². The standard InChI is InChI=1S/C21H28N4O/c1-16(26)25-12-6-2-3-9-20(25)17-10-13-24(14-11-17)21-15-22-18-7-4-5-8-19(18)23-21/h4-5,7-8,15,17,20H,2-3,6,9-14H2,1H3/t20-/m1/s1. The number of benzene rings is 1. The number of hydrogen-bond donors (Lipinski definition) is 0. The molecule has 0 unspecified atom stereocenters. The molecule has 0 aliphatic carbocycles. The molecule has 0 radical (unpaired) electrons. The summed E-state index contributed by atoms with van der Waals surface area (Å²) in [6.45, 7) is 4.67. The number of amides is 1. The first-order valence-corrected chi connectivity index (χ1v) is 9.96. The molecular weight excluding hydrogens is 324 g/mol. The Morgan fingerprint density at radius 1 is 1.00 bits per heavy atom. The number of rotatable bonds is 2. The van der Waals surface area contributed by atoms with Gasteiger partial charge in [0.2, 0.25) is 5.91 Å². The number of anilines is 1. The van der Waals surface area contributed by atoms with Crippen LogP contribution < -0.4 is 4.90 Å². The Hall–Kier alpha value is -2.17. The summed E-state index contributed by atoms with van der Waals surface area (Å²) in [7, 11) is 0. The maximum Gasteiger partial charge on any atom is 0.219 e. The predicted octanol–water partition coefficient (Wildman–Crippen LogP) is 3.64. The molecule has 5 nitrogen and oxygen atoms in total. The van der Waals surface area contributed by atoms with Gasteiger partial charge in [0.1, 0.15) is 5.82 Å². The summed E-state index contributed by atoms with van der Waals surface area (Å²) in [5, 5.41) is 0. The molecule has 2 saturated heterocycles. The molecule has 5 heteroatoms. The van der Waals surface area contributed by atoms with Crippen molar-refractivity contribution >= 4 is 22.8 Å². The largest absolute Gasteiger partial charge is 0.355 e. The predicted molar refractivity (Wildman–Crippen MR) is 104 cm³/mol. The highest BCUT2D eigenvalue weighted by Gasteiger charge is 2.33. The number of nitrogens with zero attached hydrogens (tertiary/aromatic N) is 4. The van der Waals surface area contributed by atoms with Crippen LogP contribution >= 0.6 is 0 Å². The quantitative estimate of drug-likeness (QED) is 0.828. The third-order valence-corrected chi connectivity index (χ3v) is 6.05. The number of carbonyl (C=O) groups is 1. The molecule has 0 spiro atoms. The van der Waals surface area contributed by atoms with Gasteiger partial charge in [-0.25, -0.2) is 4.98 Å². The summed E-state index contributed by atoms with van der Waals surface area (Å²) in [5.74, 6) is 1.84. The maximum absolute atomic E-state index is 12.1. The van der Waals surface area contributed by atoms with Gasteiger partial charge in [0.05, 0.1) is 17.2 Å². The zero-order valence-corrected chi connectivity index (χ0v) is 15.6. The van der Waals surface area contributed by atoms with E-state index in [1.165, 1.54) is 19.3 Å². The van der Waals surface area contributed by atoms with Crippen LogP contribution in [-0.4, -0.2) is 46.5 Å². The van der Waals surface area contributed by atoms with Crippen molar-refractivity contribution in [2.75, 3.05) is 24.5 Å². The molecule has 0 saturated carbocycles. The van der Waals surface area contributed by atoms with Crippen LogP contribution in [-0.2, 0) is 4.79 Å². The Kier molecular flexibility index (Phi) is 5.05. The molecule has 2 fully saturated rings. The second kappa shape index (κ2) is 7.60. The van der Waals surface area contributed by atoms with Crippen LogP contribution in [0.5, 0.6) is 0 Å². The minimum atomic E-state index is 0.250. The number of hydrogen-bond acceptors (Lipinski definition) is 4. The van der Waals surface area contributed by atoms with E-state index in [-0.39, 0.29) is 5.91 Å². The van der Waals surface area contributed by atoms with Crippen LogP contribution in [0.15, 0.2) is 30.5 Å². The zero-order valence-electron chi connectivity index (χ0n) is 15.6. The van der Waals surface area contributed by atoms with E-state index in [0.29, 0.717) is 12.0 Å². The van der Waals surface area contributed by atoms with Crippen molar-refractivity contribution in [1.82, 2.24) is 14.9 Å². The molecule has 1 aromatic carbocycles. The van der Waals surface area contributed by atoms with Gasteiger partial charge in [-0.1, -0.05) is 25.0 Å². The molecule has 1 atom stereocenters. The van der Waals surface area contributed by atoms with E-state index in [9.17, 15) is 4.79 Å². The molecule has 4 rings (SSSR count). The molecule has 0 N–H and O–H groups in total. The lowest BCUT2D eigenvalue weighted by atomic mass is 9.86. The fourth-order valence-electron chi connectivity index (χ4n) is 4.63. The number of fused-ring (bicyclic) bond motifs is 1. The van der Waals surface area contributed by atoms with Crippen molar-refractivity contribution in [3.8, 4) is 0 Å². The van der Waals surface area contributed by atoms with E-state index >= 15 is 0 Å². The molecule has 3 heterocycles. The highest BCUT2D eigenvalue weighted by molar-refractivity contribution is 5.75. The van der Waals surface area contributed by atoms with Gasteiger partial charge < -0.3 is 9.80 Å². The average Bonchev–Trinajstić information content (AvgIpc) is 2.94. The van der Waals surface area contributed by atoms with E-state index in [4.69, 9.17) is 4.98 Å². The van der Waals surface area contributed by atoms with Crippen molar-refractivity contribution in [2.45, 2.75) is 51.5 Å². The molecule has 2 aromatic rings. The Morgan fingerprint density at radius 2 is 1.77 bits per heavy atom. The zero-order chi connectivity index (χ0) is 17.9. The van der Waals surface area contributed by atoms with Crippen LogP contribution in [0.4, 0.5) is 5.82 Å². The first-order chi connectivity index (χ1) is 12.7. The van der Waals surface area contributed by atoms with Gasteiger partial charge in [-0.3, -0.25) is 9.78 Å². The van der Waals surface area contributed by atoms with Gasteiger partial charge in [0.15, 0.2) is 0 Å². The summed E-state index contributed by atoms with van der Waals surface area (Å²) in [5.41, 5.74) is 1.90. The molecule has 1 amide bonds. The van der Waals surface area contributed by atoms with Gasteiger partial charge in [-0.15, -0.1) is 0 Å². The van der Waals surface area contributed by atoms with Gasteiger partial charge in [0, 0.05) is 32.6 Å². The summed E-state index contributed by atoms with van der Waals surface area (Å²) in [4.78, 5) is 26.0. The van der Waals surface area contributed by atoms with Crippen LogP contribution in [0, 0.1) is 5.92 Å². The summed E-state index contributed by atoms with van der Waals surface area (Å²) in [6.07, 6.45) is 8.99. The van der Waals surface area contributed by atoms with Crippen LogP contribution in [0.2, 0.25) is 0 Å². The summed E-state index contributed by atoms with van der Waals surface area (Å²) in [6, 6.07) is 8.46. The average molecular weight is 352 g/mol. The van der Waals surface area contributed by atoms with Crippen LogP contribution in [0.3, 0.4) is 0 Å². The van der Waals surface area contributed by atoms with Crippen molar-refractivity contribution in [1.29, 1.82) is 0 Å². The fourth-order valence-corrected chi connectivity index (χ4v) is 4.63. The third-order valence-electron chi connectivity index (χ3n) is 6.05. The first kappa shape index (κ1) is 17.3. The van der Waals surface area contributed by atoms with Gasteiger partial charge in [0.25, 0.3) is 0 Å². The third kappa shape index (κ3) is 3.53. The van der Waals surface area contributed by atoms with E-state index in [2.05, 4.69) is 14.8 Å². The van der Waals surface area contributed by atoms with Crippen LogP contribution in [0.1, 0.15) is 45.4 Å². The lowest BCUT2D eigenvalue weighted by Crippen LogP contribution is -2.47. The van der Waals surface area contributed by atoms with Crippen molar-refractivity contribution < 1.29 is 4.79 Å². The second-order valence-corrected chi connectivity index (χ2v) is 7.67. The van der Waals surface area contributed by atoms with E-state index in [1.54, 1.807) is 6.92 Å². The molecular formula is C21H28N4O. The summed E-state index contributed by atoms with van der Waals surface area (Å²) < 4.78 is 0. The lowest BCUT2D eigenvalue weighted by Gasteiger charge is -2.40. The van der Waals surface area contributed by atoms with Crippen molar-refractivity contribution in [3.63, 3.8) is 0 Å². The number of carbonyl (C=O) groups excluding carboxylic acids is 1. The second-order valence-electron chi connectivity index (χ2n) is 7.67. The normalized spacial score (nSPS) is 22.4. The first-order valence-electron chi connectivity index (χ1n) is 9.96. The van der Waals surface area contributed by atoms with Crippen LogP contribution in [0.25, 0.3) is 11.0 Å². The van der Waals surface area contributed by atoms with Crippen molar-refractivity contribution in [3.05, 3.63) is 30.5 Å². The SMILES string of the molecule is CC(=O)N1CCCCC[C@@H]1C1CCN(c2cnc3ccccc3n2)CC1. The molecule has 0 bridgehead atoms. The minimum absolute atomic E-state index is 0.250. The van der Waals surface area contributed by atoms with Gasteiger partial charge in [-0.05, 0) is 43.7 Å². The maximum atomic E-state index is 12.1. The Bertz CT molecular complexity index is 769. The molecule has 138 valence electrons. The smallest absolute Gasteiger partial charge is 0.219 e. The monoisotopic (exact) mass is 352 g/mol. The highest BCUT2D eigenvalue weighted by atomic mass is 16.2. The fraction of sp³-hybridized carbons (Fsp3) is 0.571. The molecule has 2 aliphatic rings. The van der Waals surface area contributed by atoms with Gasteiger partial charge in [-0.2, -0.15) is 0 Å². The number of likely N-dealkylation sites (tertiary alicyclic amines) is 1. The van der Waals surface area contributed by atoms with Crippen molar-refractivity contribution in [2.24, 2.45) is 5.92 Å². The summed E-state index contributed by atoms with van der Waals surface area (Å²) >= 11 is 0. The Labute approximate surface area is 155 Å². The van der Waals surface area contributed by atoms with E-state index in [0.717, 1.165) is 55.7 Å². The Morgan fingerprint density at radius 3 is 2.54 bits per heavy atom. The topological polar surface area (TPSA) is 49.3 Å². The van der Waals surface area contributed by atoms with E-state index in [1.807, 2.05) is 30.5 Å².